The van der Waals surface area contributed by atoms with Crippen molar-refractivity contribution in [2.45, 2.75) is 4.90 Å². The SMILES string of the molecule is NS(=O)(=O)c1ccc(NC(=O)COc2ccc(-c3ccccc3)cc2Br)cc1. The van der Waals surface area contributed by atoms with Gasteiger partial charge in [-0.1, -0.05) is 36.4 Å². The second-order valence-corrected chi connectivity index (χ2v) is 8.33. The van der Waals surface area contributed by atoms with Gasteiger partial charge >= 0.3 is 0 Å². The maximum atomic E-state index is 12.1. The van der Waals surface area contributed by atoms with Crippen molar-refractivity contribution in [3.8, 4) is 16.9 Å². The Morgan fingerprint density at radius 3 is 2.25 bits per heavy atom. The van der Waals surface area contributed by atoms with Crippen molar-refractivity contribution in [3.63, 3.8) is 0 Å². The number of benzene rings is 3. The van der Waals surface area contributed by atoms with Gasteiger partial charge in [0.15, 0.2) is 6.61 Å². The van der Waals surface area contributed by atoms with E-state index in [1.165, 1.54) is 24.3 Å². The fraction of sp³-hybridized carbons (Fsp3) is 0.0500. The van der Waals surface area contributed by atoms with Crippen LogP contribution in [0, 0.1) is 0 Å². The molecular weight excluding hydrogens is 444 g/mol. The van der Waals surface area contributed by atoms with Crippen molar-refractivity contribution < 1.29 is 17.9 Å². The largest absolute Gasteiger partial charge is 0.483 e. The highest BCUT2D eigenvalue weighted by Gasteiger charge is 2.10. The molecule has 0 aliphatic rings. The van der Waals surface area contributed by atoms with Crippen LogP contribution in [0.3, 0.4) is 0 Å². The van der Waals surface area contributed by atoms with E-state index >= 15 is 0 Å². The number of amides is 1. The van der Waals surface area contributed by atoms with Crippen LogP contribution < -0.4 is 15.2 Å². The first kappa shape index (κ1) is 20.1. The molecule has 0 aliphatic carbocycles. The van der Waals surface area contributed by atoms with Crippen LogP contribution in [-0.4, -0.2) is 20.9 Å². The molecule has 0 unspecified atom stereocenters. The fourth-order valence-electron chi connectivity index (χ4n) is 2.50. The van der Waals surface area contributed by atoms with E-state index in [4.69, 9.17) is 9.88 Å². The smallest absolute Gasteiger partial charge is 0.262 e. The van der Waals surface area contributed by atoms with Crippen LogP contribution >= 0.6 is 15.9 Å². The maximum Gasteiger partial charge on any atom is 0.262 e. The van der Waals surface area contributed by atoms with E-state index < -0.39 is 10.0 Å². The van der Waals surface area contributed by atoms with Crippen molar-refractivity contribution in [2.24, 2.45) is 5.14 Å². The highest BCUT2D eigenvalue weighted by atomic mass is 79.9. The lowest BCUT2D eigenvalue weighted by Crippen LogP contribution is -2.20. The predicted molar refractivity (Wildman–Crippen MR) is 112 cm³/mol. The molecule has 0 aliphatic heterocycles. The zero-order valence-electron chi connectivity index (χ0n) is 14.6. The van der Waals surface area contributed by atoms with Gasteiger partial charge in [0.2, 0.25) is 10.0 Å². The minimum absolute atomic E-state index is 0.0239. The number of ether oxygens (including phenoxy) is 1. The third kappa shape index (κ3) is 5.19. The summed E-state index contributed by atoms with van der Waals surface area (Å²) in [7, 11) is -3.77. The van der Waals surface area contributed by atoms with Gasteiger partial charge in [-0.2, -0.15) is 0 Å². The number of sulfonamides is 1. The second-order valence-electron chi connectivity index (χ2n) is 5.92. The minimum atomic E-state index is -3.77. The summed E-state index contributed by atoms with van der Waals surface area (Å²) in [4.78, 5) is 12.0. The number of hydrogen-bond acceptors (Lipinski definition) is 4. The molecule has 1 amide bonds. The summed E-state index contributed by atoms with van der Waals surface area (Å²) in [5, 5.41) is 7.68. The average molecular weight is 461 g/mol. The Morgan fingerprint density at radius 1 is 0.964 bits per heavy atom. The Kier molecular flexibility index (Phi) is 6.13. The summed E-state index contributed by atoms with van der Waals surface area (Å²) < 4.78 is 28.8. The first-order chi connectivity index (χ1) is 13.3. The van der Waals surface area contributed by atoms with Gasteiger partial charge in [-0.15, -0.1) is 0 Å². The van der Waals surface area contributed by atoms with E-state index in [0.29, 0.717) is 11.4 Å². The molecule has 0 bridgehead atoms. The van der Waals surface area contributed by atoms with Crippen molar-refractivity contribution in [3.05, 3.63) is 77.3 Å². The van der Waals surface area contributed by atoms with Crippen LogP contribution in [0.15, 0.2) is 82.2 Å². The van der Waals surface area contributed by atoms with Crippen molar-refractivity contribution in [2.75, 3.05) is 11.9 Å². The van der Waals surface area contributed by atoms with Crippen LogP contribution in [0.2, 0.25) is 0 Å². The van der Waals surface area contributed by atoms with E-state index in [0.717, 1.165) is 15.6 Å². The molecule has 3 N–H and O–H groups in total. The number of primary sulfonamides is 1. The van der Waals surface area contributed by atoms with E-state index in [-0.39, 0.29) is 17.4 Å². The van der Waals surface area contributed by atoms with Crippen molar-refractivity contribution in [1.82, 2.24) is 0 Å². The molecule has 0 saturated heterocycles. The highest BCUT2D eigenvalue weighted by molar-refractivity contribution is 9.10. The molecule has 0 heterocycles. The maximum absolute atomic E-state index is 12.1. The molecule has 0 radical (unpaired) electrons. The molecular formula is C20H17BrN2O4S. The molecule has 0 spiro atoms. The topological polar surface area (TPSA) is 98.5 Å². The monoisotopic (exact) mass is 460 g/mol. The van der Waals surface area contributed by atoms with Gasteiger partial charge in [0.25, 0.3) is 5.91 Å². The van der Waals surface area contributed by atoms with E-state index in [1.807, 2.05) is 42.5 Å². The van der Waals surface area contributed by atoms with Crippen LogP contribution in [0.1, 0.15) is 0 Å². The van der Waals surface area contributed by atoms with Crippen LogP contribution in [0.5, 0.6) is 5.75 Å². The van der Waals surface area contributed by atoms with Crippen LogP contribution in [0.25, 0.3) is 11.1 Å². The first-order valence-electron chi connectivity index (χ1n) is 8.23. The van der Waals surface area contributed by atoms with Gasteiger partial charge in [0, 0.05) is 5.69 Å². The Morgan fingerprint density at radius 2 is 1.64 bits per heavy atom. The number of nitrogens with two attached hydrogens (primary N) is 1. The highest BCUT2D eigenvalue weighted by Crippen LogP contribution is 2.30. The quantitative estimate of drug-likeness (QED) is 0.584. The average Bonchev–Trinajstić information content (AvgIpc) is 2.67. The zero-order valence-corrected chi connectivity index (χ0v) is 17.0. The number of carbonyl (C=O) groups excluding carboxylic acids is 1. The Hall–Kier alpha value is -2.68. The molecule has 0 atom stereocenters. The standard InChI is InChI=1S/C20H17BrN2O4S/c21-18-12-15(14-4-2-1-3-5-14)6-11-19(18)27-13-20(24)23-16-7-9-17(10-8-16)28(22,25)26/h1-12H,13H2,(H,23,24)(H2,22,25,26). The summed E-state index contributed by atoms with van der Waals surface area (Å²) in [6.45, 7) is -0.194. The summed E-state index contributed by atoms with van der Waals surface area (Å²) in [6, 6.07) is 21.1. The predicted octanol–water partition coefficient (Wildman–Crippen LogP) is 3.78. The normalized spacial score (nSPS) is 11.1. The molecule has 8 heteroatoms. The second kappa shape index (κ2) is 8.55. The molecule has 3 aromatic carbocycles. The van der Waals surface area contributed by atoms with Gasteiger partial charge in [-0.05, 0) is 63.5 Å². The Balaban J connectivity index is 1.60. The Labute approximate surface area is 171 Å². The lowest BCUT2D eigenvalue weighted by Gasteiger charge is -2.11. The molecule has 3 rings (SSSR count). The molecule has 0 aromatic heterocycles. The van der Waals surface area contributed by atoms with E-state index in [2.05, 4.69) is 21.2 Å². The number of anilines is 1. The van der Waals surface area contributed by atoms with E-state index in [1.54, 1.807) is 6.07 Å². The molecule has 0 saturated carbocycles. The first-order valence-corrected chi connectivity index (χ1v) is 10.6. The summed E-state index contributed by atoms with van der Waals surface area (Å²) in [5.41, 5.74) is 2.55. The number of carbonyl (C=O) groups is 1. The van der Waals surface area contributed by atoms with Crippen molar-refractivity contribution >= 4 is 37.5 Å². The molecule has 28 heavy (non-hydrogen) atoms. The van der Waals surface area contributed by atoms with Gasteiger partial charge in [0.1, 0.15) is 5.75 Å². The third-order valence-electron chi connectivity index (χ3n) is 3.86. The summed E-state index contributed by atoms with van der Waals surface area (Å²) >= 11 is 3.46. The number of halogens is 1. The van der Waals surface area contributed by atoms with Crippen molar-refractivity contribution in [1.29, 1.82) is 0 Å². The third-order valence-corrected chi connectivity index (χ3v) is 5.41. The molecule has 144 valence electrons. The summed E-state index contributed by atoms with van der Waals surface area (Å²) in [5.74, 6) is 0.168. The molecule has 3 aromatic rings. The lowest BCUT2D eigenvalue weighted by atomic mass is 10.1. The van der Waals surface area contributed by atoms with Gasteiger partial charge in [0.05, 0.1) is 9.37 Å². The fourth-order valence-corrected chi connectivity index (χ4v) is 3.51. The molecule has 0 fully saturated rings. The van der Waals surface area contributed by atoms with Gasteiger partial charge in [-0.3, -0.25) is 4.79 Å². The van der Waals surface area contributed by atoms with Gasteiger partial charge < -0.3 is 10.1 Å². The zero-order chi connectivity index (χ0) is 20.1. The number of nitrogens with one attached hydrogen (secondary N) is 1. The van der Waals surface area contributed by atoms with Gasteiger partial charge in [-0.25, -0.2) is 13.6 Å². The van der Waals surface area contributed by atoms with Crippen LogP contribution in [-0.2, 0) is 14.8 Å². The van der Waals surface area contributed by atoms with E-state index in [9.17, 15) is 13.2 Å². The minimum Gasteiger partial charge on any atom is -0.483 e. The molecule has 6 nitrogen and oxygen atoms in total. The number of rotatable bonds is 6. The van der Waals surface area contributed by atoms with Crippen LogP contribution in [0.4, 0.5) is 5.69 Å². The summed E-state index contributed by atoms with van der Waals surface area (Å²) in [6.07, 6.45) is 0. The lowest BCUT2D eigenvalue weighted by molar-refractivity contribution is -0.118. The number of hydrogen-bond donors (Lipinski definition) is 2. The Bertz CT molecular complexity index is 1080.